The van der Waals surface area contributed by atoms with Crippen molar-refractivity contribution in [3.05, 3.63) is 46.8 Å². The van der Waals surface area contributed by atoms with E-state index in [2.05, 4.69) is 4.98 Å². The second kappa shape index (κ2) is 4.09. The average Bonchev–Trinajstić information content (AvgIpc) is 2.29. The number of rotatable bonds is 2. The molecule has 0 spiro atoms. The van der Waals surface area contributed by atoms with Crippen LogP contribution in [0.5, 0.6) is 5.75 Å². The Balaban J connectivity index is 2.61. The number of nitrogens with zero attached hydrogens (tertiary/aromatic N) is 2. The summed E-state index contributed by atoms with van der Waals surface area (Å²) in [5.74, 6) is -0.0349. The van der Waals surface area contributed by atoms with Gasteiger partial charge in [-0.15, -0.1) is 0 Å². The van der Waals surface area contributed by atoms with Crippen molar-refractivity contribution in [3.8, 4) is 16.9 Å². The van der Waals surface area contributed by atoms with E-state index in [-0.39, 0.29) is 11.4 Å². The van der Waals surface area contributed by atoms with Crippen molar-refractivity contribution in [2.75, 3.05) is 5.73 Å². The van der Waals surface area contributed by atoms with Gasteiger partial charge in [0.25, 0.3) is 5.69 Å². The van der Waals surface area contributed by atoms with Gasteiger partial charge in [0.2, 0.25) is 0 Å². The summed E-state index contributed by atoms with van der Waals surface area (Å²) in [5, 5.41) is 20.3. The molecule has 2 aromatic rings. The van der Waals surface area contributed by atoms with Gasteiger partial charge < -0.3 is 10.8 Å². The molecule has 1 aromatic carbocycles. The van der Waals surface area contributed by atoms with Crippen molar-refractivity contribution in [2.45, 2.75) is 0 Å². The number of aromatic hydroxyl groups is 1. The Kier molecular flexibility index (Phi) is 2.61. The fourth-order valence-corrected chi connectivity index (χ4v) is 1.54. The van der Waals surface area contributed by atoms with Crippen LogP contribution in [0, 0.1) is 10.1 Å². The van der Waals surface area contributed by atoms with Gasteiger partial charge in [0, 0.05) is 29.1 Å². The summed E-state index contributed by atoms with van der Waals surface area (Å²) in [4.78, 5) is 13.8. The fraction of sp³-hybridized carbons (Fsp3) is 0. The van der Waals surface area contributed by atoms with E-state index < -0.39 is 4.92 Å². The lowest BCUT2D eigenvalue weighted by molar-refractivity contribution is -0.385. The standard InChI is InChI=1S/C11H9N3O3/c12-9-2-1-3-10(15)11(9)7-4-8(14(16)17)6-13-5-7/h1-6,15H,12H2. The average molecular weight is 231 g/mol. The highest BCUT2D eigenvalue weighted by Gasteiger charge is 2.12. The van der Waals surface area contributed by atoms with Gasteiger partial charge in [-0.25, -0.2) is 0 Å². The van der Waals surface area contributed by atoms with Crippen molar-refractivity contribution >= 4 is 11.4 Å². The monoisotopic (exact) mass is 231 g/mol. The lowest BCUT2D eigenvalue weighted by Gasteiger charge is -2.07. The molecule has 1 aromatic heterocycles. The number of anilines is 1. The number of hydrogen-bond acceptors (Lipinski definition) is 5. The topological polar surface area (TPSA) is 102 Å². The third-order valence-corrected chi connectivity index (χ3v) is 2.30. The van der Waals surface area contributed by atoms with Gasteiger partial charge in [0.05, 0.1) is 4.92 Å². The number of nitro groups is 1. The molecule has 2 rings (SSSR count). The van der Waals surface area contributed by atoms with Crippen LogP contribution in [0.15, 0.2) is 36.7 Å². The SMILES string of the molecule is Nc1cccc(O)c1-c1cncc([N+](=O)[O-])c1. The summed E-state index contributed by atoms with van der Waals surface area (Å²) in [6.07, 6.45) is 2.55. The molecular weight excluding hydrogens is 222 g/mol. The number of phenols is 1. The maximum absolute atomic E-state index is 10.6. The maximum Gasteiger partial charge on any atom is 0.288 e. The third-order valence-electron chi connectivity index (χ3n) is 2.30. The molecule has 0 fully saturated rings. The molecular formula is C11H9N3O3. The van der Waals surface area contributed by atoms with Crippen molar-refractivity contribution in [1.29, 1.82) is 0 Å². The second-order valence-electron chi connectivity index (χ2n) is 3.43. The normalized spacial score (nSPS) is 10.1. The van der Waals surface area contributed by atoms with Crippen LogP contribution in [0.3, 0.4) is 0 Å². The quantitative estimate of drug-likeness (QED) is 0.467. The fourth-order valence-electron chi connectivity index (χ4n) is 1.54. The lowest BCUT2D eigenvalue weighted by Crippen LogP contribution is -1.93. The van der Waals surface area contributed by atoms with E-state index in [1.807, 2.05) is 0 Å². The molecule has 17 heavy (non-hydrogen) atoms. The summed E-state index contributed by atoms with van der Waals surface area (Å²) in [5.41, 5.74) is 6.68. The first-order chi connectivity index (χ1) is 8.09. The predicted molar refractivity (Wildman–Crippen MR) is 62.4 cm³/mol. The molecule has 0 atom stereocenters. The predicted octanol–water partition coefficient (Wildman–Crippen LogP) is 1.94. The van der Waals surface area contributed by atoms with Crippen molar-refractivity contribution < 1.29 is 10.0 Å². The molecule has 6 nitrogen and oxygen atoms in total. The minimum Gasteiger partial charge on any atom is -0.507 e. The highest BCUT2D eigenvalue weighted by atomic mass is 16.6. The minimum absolute atomic E-state index is 0.0349. The Bertz CT molecular complexity index is 564. The Hall–Kier alpha value is -2.63. The number of nitrogen functional groups attached to an aromatic ring is 1. The Morgan fingerprint density at radius 2 is 2.12 bits per heavy atom. The summed E-state index contributed by atoms with van der Waals surface area (Å²) in [6, 6.07) is 5.98. The molecule has 6 heteroatoms. The van der Waals surface area contributed by atoms with Crippen molar-refractivity contribution in [1.82, 2.24) is 4.98 Å². The molecule has 0 bridgehead atoms. The van der Waals surface area contributed by atoms with Gasteiger partial charge in [0.15, 0.2) is 0 Å². The van der Waals surface area contributed by atoms with Crippen LogP contribution in [0.25, 0.3) is 11.1 Å². The molecule has 0 aliphatic carbocycles. The van der Waals surface area contributed by atoms with Gasteiger partial charge in [-0.1, -0.05) is 6.07 Å². The minimum atomic E-state index is -0.549. The number of hydrogen-bond donors (Lipinski definition) is 2. The second-order valence-corrected chi connectivity index (χ2v) is 3.43. The summed E-state index contributed by atoms with van der Waals surface area (Å²) in [6.45, 7) is 0. The highest BCUT2D eigenvalue weighted by Crippen LogP contribution is 2.34. The zero-order chi connectivity index (χ0) is 12.4. The number of pyridine rings is 1. The van der Waals surface area contributed by atoms with E-state index in [4.69, 9.17) is 5.73 Å². The van der Waals surface area contributed by atoms with Crippen LogP contribution in [0.2, 0.25) is 0 Å². The highest BCUT2D eigenvalue weighted by molar-refractivity contribution is 5.81. The van der Waals surface area contributed by atoms with Gasteiger partial charge in [-0.05, 0) is 12.1 Å². The molecule has 3 N–H and O–H groups in total. The van der Waals surface area contributed by atoms with E-state index in [9.17, 15) is 15.2 Å². The molecule has 0 radical (unpaired) electrons. The first kappa shape index (κ1) is 10.9. The van der Waals surface area contributed by atoms with Gasteiger partial charge in [-0.2, -0.15) is 0 Å². The maximum atomic E-state index is 10.6. The molecule has 0 aliphatic heterocycles. The molecule has 0 amide bonds. The number of aromatic nitrogens is 1. The van der Waals surface area contributed by atoms with Crippen LogP contribution in [0.4, 0.5) is 11.4 Å². The number of nitrogens with two attached hydrogens (primary N) is 1. The zero-order valence-electron chi connectivity index (χ0n) is 8.70. The van der Waals surface area contributed by atoms with Gasteiger partial charge in [-0.3, -0.25) is 15.1 Å². The summed E-state index contributed by atoms with van der Waals surface area (Å²) in [7, 11) is 0. The summed E-state index contributed by atoms with van der Waals surface area (Å²) >= 11 is 0. The van der Waals surface area contributed by atoms with E-state index in [0.717, 1.165) is 6.20 Å². The molecule has 0 unspecified atom stereocenters. The largest absolute Gasteiger partial charge is 0.507 e. The third kappa shape index (κ3) is 2.00. The lowest BCUT2D eigenvalue weighted by atomic mass is 10.0. The Morgan fingerprint density at radius 1 is 1.35 bits per heavy atom. The number of phenolic OH excluding ortho intramolecular Hbond substituents is 1. The van der Waals surface area contributed by atoms with E-state index in [1.54, 1.807) is 12.1 Å². The molecule has 0 aliphatic rings. The van der Waals surface area contributed by atoms with Crippen LogP contribution in [-0.2, 0) is 0 Å². The number of benzene rings is 1. The van der Waals surface area contributed by atoms with E-state index in [0.29, 0.717) is 16.8 Å². The molecule has 86 valence electrons. The zero-order valence-corrected chi connectivity index (χ0v) is 8.70. The van der Waals surface area contributed by atoms with Crippen molar-refractivity contribution in [3.63, 3.8) is 0 Å². The van der Waals surface area contributed by atoms with Crippen LogP contribution in [-0.4, -0.2) is 15.0 Å². The van der Waals surface area contributed by atoms with Crippen LogP contribution in [0.1, 0.15) is 0 Å². The van der Waals surface area contributed by atoms with Gasteiger partial charge >= 0.3 is 0 Å². The Morgan fingerprint density at radius 3 is 2.76 bits per heavy atom. The smallest absolute Gasteiger partial charge is 0.288 e. The molecule has 0 saturated carbocycles. The molecule has 0 saturated heterocycles. The first-order valence-corrected chi connectivity index (χ1v) is 4.77. The van der Waals surface area contributed by atoms with Crippen LogP contribution < -0.4 is 5.73 Å². The molecule has 1 heterocycles. The van der Waals surface area contributed by atoms with E-state index in [1.165, 1.54) is 18.3 Å². The van der Waals surface area contributed by atoms with Crippen molar-refractivity contribution in [2.24, 2.45) is 0 Å². The van der Waals surface area contributed by atoms with Crippen LogP contribution >= 0.6 is 0 Å². The first-order valence-electron chi connectivity index (χ1n) is 4.77. The Labute approximate surface area is 96.5 Å². The summed E-state index contributed by atoms with van der Waals surface area (Å²) < 4.78 is 0. The van der Waals surface area contributed by atoms with Gasteiger partial charge in [0.1, 0.15) is 11.9 Å². The van der Waals surface area contributed by atoms with E-state index >= 15 is 0 Å².